The van der Waals surface area contributed by atoms with Gasteiger partial charge in [-0.05, 0) is 233 Å². The van der Waals surface area contributed by atoms with Gasteiger partial charge in [0, 0.05) is 74.1 Å². The third kappa shape index (κ3) is 28.0. The van der Waals surface area contributed by atoms with Crippen LogP contribution in [0.5, 0.6) is 0 Å². The van der Waals surface area contributed by atoms with Crippen LogP contribution in [0.1, 0.15) is 67.8 Å². The molecular formula is C97H78Br3ClF12N22O8S6. The molecule has 0 fully saturated rings. The smallest absolute Gasteiger partial charge is 0.387 e. The predicted molar refractivity (Wildman–Crippen MR) is 559 cm³/mol. The van der Waals surface area contributed by atoms with Gasteiger partial charge in [-0.2, -0.15) is 56.2 Å². The molecule has 0 amide bonds. The number of thiazole rings is 1. The highest BCUT2D eigenvalue weighted by atomic mass is 79.9. The number of aliphatic hydroxyl groups is 3. The number of benzene rings is 5. The molecule has 4 atom stereocenters. The normalized spacial score (nSPS) is 15.7. The molecule has 6 N–H and O–H groups in total. The highest BCUT2D eigenvalue weighted by molar-refractivity contribution is 9.11. The van der Waals surface area contributed by atoms with Crippen LogP contribution in [-0.4, -0.2) is 170 Å². The van der Waals surface area contributed by atoms with Crippen LogP contribution in [0.2, 0.25) is 5.02 Å². The first kappa shape index (κ1) is 109. The molecule has 0 saturated carbocycles. The van der Waals surface area contributed by atoms with Crippen molar-refractivity contribution in [2.75, 3.05) is 77.3 Å². The van der Waals surface area contributed by atoms with Crippen molar-refractivity contribution in [3.63, 3.8) is 0 Å². The Labute approximate surface area is 891 Å². The average Bonchev–Trinajstić information content (AvgIpc) is 1.35. The number of nitrogens with zero attached hydrogens (tertiary/aromatic N) is 20. The van der Waals surface area contributed by atoms with Gasteiger partial charge in [0.25, 0.3) is 0 Å². The van der Waals surface area contributed by atoms with Gasteiger partial charge in [-0.15, -0.1) is 68.0 Å². The van der Waals surface area contributed by atoms with E-state index in [1.807, 2.05) is 54.6 Å². The van der Waals surface area contributed by atoms with E-state index in [1.54, 1.807) is 114 Å². The molecule has 5 aromatic carbocycles. The average molecular weight is 2380 g/mol. The molecule has 4 aliphatic rings. The van der Waals surface area contributed by atoms with E-state index in [4.69, 9.17) is 17.3 Å². The van der Waals surface area contributed by atoms with Gasteiger partial charge in [-0.3, -0.25) is 28.2 Å². The SMILES string of the molecule is Cc1ccc(C2=CCN(c3ncn(Cc4ccc(Br)s4)c(=O)n3)C[C@@H]2O)cc1F.Cc1nc(Nc2nc(-c3ccc(F)c(F)c3)cs2)nc(=O)n1Cc1ccc(C(F)(F)F)s1.N[C@H]1CN(c2ncn(Cc3ccc(C(F)(F)F)s3)c(=O)n2)CC=C1c1ccc(F)cc1.O=c1nc(N2CC=C(c3ccc(F)c(Cl)c3)[C@@H](O)C2)ncn1Cc1ccc(Br)s1.O=c1nc(N2CC=C(c3ccc(F)cc3)[C@@H](O)C2)ncn1Cc1ccc(Br)s1. The van der Waals surface area contributed by atoms with Crippen molar-refractivity contribution in [2.24, 2.45) is 5.73 Å². The van der Waals surface area contributed by atoms with E-state index in [2.05, 4.69) is 108 Å². The molecule has 0 bridgehead atoms. The lowest BCUT2D eigenvalue weighted by molar-refractivity contribution is -0.135. The number of nitrogens with one attached hydrogen (secondary N) is 1. The van der Waals surface area contributed by atoms with Crippen molar-refractivity contribution < 1.29 is 68.0 Å². The Morgan fingerprint density at radius 3 is 1.13 bits per heavy atom. The summed E-state index contributed by atoms with van der Waals surface area (Å²) in [5.74, 6) is -2.24. The molecule has 0 unspecified atom stereocenters. The van der Waals surface area contributed by atoms with Crippen LogP contribution < -0.4 is 59.1 Å². The monoisotopic (exact) mass is 2370 g/mol. The van der Waals surface area contributed by atoms with Crippen molar-refractivity contribution in [1.82, 2.24) is 77.7 Å². The van der Waals surface area contributed by atoms with Crippen molar-refractivity contribution in [1.29, 1.82) is 0 Å². The van der Waals surface area contributed by atoms with Gasteiger partial charge in [-0.1, -0.05) is 78.4 Å². The Morgan fingerprint density at radius 2 is 0.758 bits per heavy atom. The summed E-state index contributed by atoms with van der Waals surface area (Å²) in [5.41, 5.74) is 10.9. The third-order valence-corrected chi connectivity index (χ3v) is 31.0. The first-order valence-electron chi connectivity index (χ1n) is 44.4. The molecule has 4 aliphatic heterocycles. The van der Waals surface area contributed by atoms with E-state index in [0.29, 0.717) is 129 Å². The Morgan fingerprint density at radius 1 is 0.396 bits per heavy atom. The van der Waals surface area contributed by atoms with Gasteiger partial charge < -0.3 is 40.7 Å². The van der Waals surface area contributed by atoms with E-state index in [0.717, 1.165) is 93.0 Å². The second kappa shape index (κ2) is 47.9. The number of nitrogens with two attached hydrogens (primary N) is 1. The number of hydrogen-bond donors (Lipinski definition) is 5. The van der Waals surface area contributed by atoms with Gasteiger partial charge in [0.05, 0.1) is 92.7 Å². The molecule has 772 valence electrons. The summed E-state index contributed by atoms with van der Waals surface area (Å²) in [6, 6.07) is 40.5. The lowest BCUT2D eigenvalue weighted by atomic mass is 9.95. The van der Waals surface area contributed by atoms with Crippen molar-refractivity contribution >= 4 is 185 Å². The fraction of sp³-hybridized carbons (Fsp3) is 0.216. The minimum Gasteiger partial charge on any atom is -0.387 e. The number of alkyl halides is 6. The summed E-state index contributed by atoms with van der Waals surface area (Å²) >= 11 is 23.0. The standard InChI is InChI=1S/C20H18BrFN4O2S.C20H17F4N5OS.C19H15BrClFN4O2S.C19H16BrFN4O2S.C19H12F5N5OS2/c1-12-2-3-13(8-16(12)22)15-6-7-25(10-17(15)27)19-23-11-26(20(28)24-19)9-14-4-5-18(21)29-14;21-13-3-1-12(2-4-13)15-7-8-28(10-16(15)25)18-26-11-29(19(30)27-18)9-14-5-6-17(31-14)20(22,23)24;20-17-4-2-12(29-17)8-26-10-23-18(24-19(26)28)25-6-5-13(16(27)9-25)11-1-3-15(22)14(21)7-11;20-17-6-5-14(28-17)9-25-11-22-18(23-19(25)27)24-8-7-15(16(26)10-24)12-1-3-13(21)4-2-12;1-9-25-16(27-17-26-14(8-31-17)10-2-4-12(20)13(21)6-10)28-18(30)29(9)7-11-3-5-15(32-11)19(22,23)24/h2-6,8,11,17,27H,7,9-10H2,1H3;1-7,11,16H,8-10,25H2;1-5,7,10,16,27H,6,8-9H2;1-7,11,16,26H,8-10H2;2-6,8H,7H2,1H3,(H,26,27,28,30)/t17-;3*16-;/m0000./s1. The van der Waals surface area contributed by atoms with E-state index < -0.39 is 92.4 Å². The minimum atomic E-state index is -4.44. The summed E-state index contributed by atoms with van der Waals surface area (Å²) in [5, 5.41) is 36.3. The van der Waals surface area contributed by atoms with Crippen LogP contribution in [0.3, 0.4) is 0 Å². The van der Waals surface area contributed by atoms with E-state index in [-0.39, 0.29) is 90.8 Å². The summed E-state index contributed by atoms with van der Waals surface area (Å²) in [6.07, 6.45) is 1.69. The Bertz CT molecular complexity index is 7860. The van der Waals surface area contributed by atoms with Gasteiger partial charge in [0.15, 0.2) is 16.8 Å². The lowest BCUT2D eigenvalue weighted by Gasteiger charge is -2.31. The van der Waals surface area contributed by atoms with Crippen LogP contribution in [0.15, 0.2) is 254 Å². The van der Waals surface area contributed by atoms with E-state index in [9.17, 15) is 92.0 Å². The molecule has 0 saturated heterocycles. The van der Waals surface area contributed by atoms with Crippen LogP contribution in [0.25, 0.3) is 33.5 Å². The second-order valence-corrected chi connectivity index (χ2v) is 44.4. The maximum Gasteiger partial charge on any atom is 0.425 e. The molecule has 16 aromatic rings. The third-order valence-electron chi connectivity index (χ3n) is 22.9. The molecule has 0 aliphatic carbocycles. The molecule has 0 spiro atoms. The Kier molecular flexibility index (Phi) is 34.9. The van der Waals surface area contributed by atoms with Gasteiger partial charge >= 0.3 is 40.8 Å². The van der Waals surface area contributed by atoms with Crippen molar-refractivity contribution in [3.05, 3.63) is 390 Å². The highest BCUT2D eigenvalue weighted by Gasteiger charge is 2.36. The van der Waals surface area contributed by atoms with E-state index >= 15 is 0 Å². The highest BCUT2D eigenvalue weighted by Crippen LogP contribution is 2.39. The number of thiophene rings is 5. The fourth-order valence-corrected chi connectivity index (χ4v) is 22.5. The number of hydrogen-bond acceptors (Lipinski definition) is 31. The maximum absolute atomic E-state index is 13.9. The van der Waals surface area contributed by atoms with Crippen LogP contribution in [-0.2, 0) is 45.1 Å². The topological polar surface area (TPSA) is 363 Å². The van der Waals surface area contributed by atoms with Gasteiger partial charge in [0.2, 0.25) is 29.7 Å². The molecule has 149 heavy (non-hydrogen) atoms. The predicted octanol–water partition coefficient (Wildman–Crippen LogP) is 18.1. The largest absolute Gasteiger partial charge is 0.425 e. The number of rotatable bonds is 21. The number of halogens is 16. The zero-order chi connectivity index (χ0) is 106. The molecule has 20 rings (SSSR count). The van der Waals surface area contributed by atoms with Crippen LogP contribution in [0.4, 0.5) is 87.6 Å². The number of anilines is 6. The summed E-state index contributed by atoms with van der Waals surface area (Å²) < 4.78 is 166. The maximum atomic E-state index is 13.9. The van der Waals surface area contributed by atoms with Crippen LogP contribution >= 0.6 is 127 Å². The number of β-amino-alcohol motifs (C(OH)–C–C–N with tert-alkyl or cyclic N) is 3. The second-order valence-electron chi connectivity index (χ2n) is 33.2. The Balaban J connectivity index is 0.000000133. The number of aryl methyl sites for hydroxylation is 2. The zero-order valence-corrected chi connectivity index (χ0v) is 87.6. The lowest BCUT2D eigenvalue weighted by Crippen LogP contribution is -2.44. The molecule has 11 aromatic heterocycles. The summed E-state index contributed by atoms with van der Waals surface area (Å²) in [4.78, 5) is 117. The first-order valence-corrected chi connectivity index (χ1v) is 52.1. The molecule has 0 radical (unpaired) electrons. The Hall–Kier alpha value is -13.0. The fourth-order valence-electron chi connectivity index (χ4n) is 15.4. The van der Waals surface area contributed by atoms with Gasteiger partial charge in [0.1, 0.15) is 64.2 Å². The number of aromatic nitrogens is 16. The first-order chi connectivity index (χ1) is 71.1. The van der Waals surface area contributed by atoms with Gasteiger partial charge in [-0.25, -0.2) is 75.2 Å². The van der Waals surface area contributed by atoms with Crippen molar-refractivity contribution in [3.8, 4) is 11.3 Å². The van der Waals surface area contributed by atoms with E-state index in [1.165, 1.54) is 107 Å². The summed E-state index contributed by atoms with van der Waals surface area (Å²) in [7, 11) is 0. The summed E-state index contributed by atoms with van der Waals surface area (Å²) in [6.45, 7) is 7.02. The molecule has 15 heterocycles. The minimum absolute atomic E-state index is 0.00254. The quantitative estimate of drug-likeness (QED) is 0.0417. The molecule has 30 nitrogen and oxygen atoms in total. The zero-order valence-electron chi connectivity index (χ0n) is 77.2. The van der Waals surface area contributed by atoms with Crippen molar-refractivity contribution in [2.45, 2.75) is 83.3 Å². The number of aliphatic hydroxyl groups excluding tert-OH is 3. The molecule has 52 heteroatoms. The molecular weight excluding hydrogens is 2300 g/mol. The van der Waals surface area contributed by atoms with Crippen LogP contribution in [0, 0.1) is 48.8 Å².